The van der Waals surface area contributed by atoms with Crippen LogP contribution in [-0.2, 0) is 21.4 Å². The minimum absolute atomic E-state index is 0.184. The molecular formula is C19H22N2O4S. The zero-order valence-corrected chi connectivity index (χ0v) is 15.6. The summed E-state index contributed by atoms with van der Waals surface area (Å²) in [6.45, 7) is 4.32. The first-order valence-corrected chi connectivity index (χ1v) is 9.85. The number of benzene rings is 2. The topological polar surface area (TPSA) is 75.7 Å². The number of hydrogen-bond acceptors (Lipinski definition) is 4. The van der Waals surface area contributed by atoms with Gasteiger partial charge in [0.25, 0.3) is 0 Å². The van der Waals surface area contributed by atoms with Crippen molar-refractivity contribution in [3.05, 3.63) is 65.2 Å². The Morgan fingerprint density at radius 2 is 1.85 bits per heavy atom. The molecule has 0 spiro atoms. The van der Waals surface area contributed by atoms with Crippen molar-refractivity contribution in [2.24, 2.45) is 0 Å². The Morgan fingerprint density at radius 3 is 2.54 bits per heavy atom. The molecule has 0 saturated carbocycles. The Morgan fingerprint density at radius 1 is 1.15 bits per heavy atom. The van der Waals surface area contributed by atoms with Crippen LogP contribution in [0.25, 0.3) is 0 Å². The third-order valence-electron chi connectivity index (χ3n) is 4.34. The Hall–Kier alpha value is -2.38. The first kappa shape index (κ1) is 18.4. The molecule has 0 unspecified atom stereocenters. The molecule has 138 valence electrons. The summed E-state index contributed by atoms with van der Waals surface area (Å²) < 4.78 is 32.0. The van der Waals surface area contributed by atoms with Crippen LogP contribution in [0.3, 0.4) is 0 Å². The van der Waals surface area contributed by atoms with Gasteiger partial charge in [-0.1, -0.05) is 42.5 Å². The zero-order chi connectivity index (χ0) is 18.7. The van der Waals surface area contributed by atoms with E-state index in [0.717, 1.165) is 11.1 Å². The highest BCUT2D eigenvalue weighted by Gasteiger charge is 2.38. The highest BCUT2D eigenvalue weighted by Crippen LogP contribution is 2.25. The largest absolute Gasteiger partial charge is 0.445 e. The van der Waals surface area contributed by atoms with Gasteiger partial charge in [-0.2, -0.15) is 4.31 Å². The molecule has 7 heteroatoms. The SMILES string of the molecule is Cc1ccc(C)c(S(=O)(=O)N2CC(NC(=O)OCc3ccccc3)C2)c1. The molecule has 2 aromatic rings. The van der Waals surface area contributed by atoms with E-state index in [1.165, 1.54) is 4.31 Å². The first-order chi connectivity index (χ1) is 12.4. The second-order valence-corrected chi connectivity index (χ2v) is 8.40. The van der Waals surface area contributed by atoms with Gasteiger partial charge in [-0.05, 0) is 36.6 Å². The van der Waals surface area contributed by atoms with Crippen LogP contribution in [-0.4, -0.2) is 37.9 Å². The normalized spacial score (nSPS) is 15.3. The number of alkyl carbamates (subject to hydrolysis) is 1. The molecule has 0 atom stereocenters. The van der Waals surface area contributed by atoms with Crippen LogP contribution in [0.1, 0.15) is 16.7 Å². The average Bonchev–Trinajstić information content (AvgIpc) is 2.58. The number of nitrogens with zero attached hydrogens (tertiary/aromatic N) is 1. The van der Waals surface area contributed by atoms with E-state index in [2.05, 4.69) is 5.32 Å². The average molecular weight is 374 g/mol. The molecule has 0 aliphatic carbocycles. The fourth-order valence-corrected chi connectivity index (χ4v) is 4.62. The van der Waals surface area contributed by atoms with Crippen LogP contribution in [0.4, 0.5) is 4.79 Å². The van der Waals surface area contributed by atoms with E-state index in [1.54, 1.807) is 19.1 Å². The van der Waals surface area contributed by atoms with Crippen LogP contribution < -0.4 is 5.32 Å². The molecule has 1 fully saturated rings. The van der Waals surface area contributed by atoms with E-state index >= 15 is 0 Å². The lowest BCUT2D eigenvalue weighted by atomic mass is 10.2. The van der Waals surface area contributed by atoms with Gasteiger partial charge in [0, 0.05) is 13.1 Å². The van der Waals surface area contributed by atoms with Gasteiger partial charge in [-0.25, -0.2) is 13.2 Å². The van der Waals surface area contributed by atoms with Crippen molar-refractivity contribution in [2.45, 2.75) is 31.4 Å². The van der Waals surface area contributed by atoms with Crippen LogP contribution in [0.5, 0.6) is 0 Å². The molecule has 1 aliphatic rings. The van der Waals surface area contributed by atoms with Gasteiger partial charge in [0.2, 0.25) is 10.0 Å². The van der Waals surface area contributed by atoms with Crippen molar-refractivity contribution >= 4 is 16.1 Å². The van der Waals surface area contributed by atoms with Gasteiger partial charge in [0.1, 0.15) is 6.61 Å². The predicted molar refractivity (Wildman–Crippen MR) is 98.2 cm³/mol. The molecule has 1 aliphatic heterocycles. The molecule has 1 N–H and O–H groups in total. The maximum absolute atomic E-state index is 12.7. The number of carbonyl (C=O) groups excluding carboxylic acids is 1. The van der Waals surface area contributed by atoms with E-state index in [0.29, 0.717) is 10.5 Å². The van der Waals surface area contributed by atoms with Crippen molar-refractivity contribution in [1.29, 1.82) is 0 Å². The molecule has 3 rings (SSSR count). The van der Waals surface area contributed by atoms with E-state index in [4.69, 9.17) is 4.74 Å². The third-order valence-corrected chi connectivity index (χ3v) is 6.32. The van der Waals surface area contributed by atoms with Crippen molar-refractivity contribution in [3.8, 4) is 0 Å². The summed E-state index contributed by atoms with van der Waals surface area (Å²) in [5.41, 5.74) is 2.51. The fourth-order valence-electron chi connectivity index (χ4n) is 2.78. The number of hydrogen-bond donors (Lipinski definition) is 1. The van der Waals surface area contributed by atoms with Crippen molar-refractivity contribution < 1.29 is 17.9 Å². The maximum Gasteiger partial charge on any atom is 0.407 e. The van der Waals surface area contributed by atoms with Crippen LogP contribution >= 0.6 is 0 Å². The fraction of sp³-hybridized carbons (Fsp3) is 0.316. The third kappa shape index (κ3) is 4.05. The van der Waals surface area contributed by atoms with Crippen LogP contribution in [0, 0.1) is 13.8 Å². The lowest BCUT2D eigenvalue weighted by Crippen LogP contribution is -2.60. The van der Waals surface area contributed by atoms with E-state index in [-0.39, 0.29) is 25.7 Å². The predicted octanol–water partition coefficient (Wildman–Crippen LogP) is 2.60. The minimum atomic E-state index is -3.54. The summed E-state index contributed by atoms with van der Waals surface area (Å²) in [5, 5.41) is 2.70. The molecule has 6 nitrogen and oxygen atoms in total. The van der Waals surface area contributed by atoms with Gasteiger partial charge in [-0.3, -0.25) is 0 Å². The molecule has 2 aromatic carbocycles. The monoisotopic (exact) mass is 374 g/mol. The zero-order valence-electron chi connectivity index (χ0n) is 14.8. The van der Waals surface area contributed by atoms with E-state index in [9.17, 15) is 13.2 Å². The maximum atomic E-state index is 12.7. The van der Waals surface area contributed by atoms with Gasteiger partial charge >= 0.3 is 6.09 Å². The smallest absolute Gasteiger partial charge is 0.407 e. The first-order valence-electron chi connectivity index (χ1n) is 8.41. The summed E-state index contributed by atoms with van der Waals surface area (Å²) in [4.78, 5) is 12.2. The number of amides is 1. The molecule has 0 aromatic heterocycles. The van der Waals surface area contributed by atoms with Crippen LogP contribution in [0.15, 0.2) is 53.4 Å². The molecule has 1 saturated heterocycles. The molecule has 0 bridgehead atoms. The molecule has 26 heavy (non-hydrogen) atoms. The van der Waals surface area contributed by atoms with Gasteiger partial charge in [0.05, 0.1) is 10.9 Å². The van der Waals surface area contributed by atoms with Gasteiger partial charge in [0.15, 0.2) is 0 Å². The summed E-state index contributed by atoms with van der Waals surface area (Å²) in [6.07, 6.45) is -0.539. The Bertz CT molecular complexity index is 891. The number of aryl methyl sites for hydroxylation is 2. The van der Waals surface area contributed by atoms with Gasteiger partial charge < -0.3 is 10.1 Å². The summed E-state index contributed by atoms with van der Waals surface area (Å²) in [7, 11) is -3.54. The number of sulfonamides is 1. The number of carbonyl (C=O) groups is 1. The second-order valence-electron chi connectivity index (χ2n) is 6.49. The van der Waals surface area contributed by atoms with E-state index in [1.807, 2.05) is 43.3 Å². The number of ether oxygens (including phenoxy) is 1. The number of nitrogens with one attached hydrogen (secondary N) is 1. The summed E-state index contributed by atoms with van der Waals surface area (Å²) in [6, 6.07) is 14.5. The van der Waals surface area contributed by atoms with Crippen molar-refractivity contribution in [1.82, 2.24) is 9.62 Å². The minimum Gasteiger partial charge on any atom is -0.445 e. The Labute approximate surface area is 153 Å². The van der Waals surface area contributed by atoms with Crippen molar-refractivity contribution in [3.63, 3.8) is 0 Å². The quantitative estimate of drug-likeness (QED) is 0.873. The van der Waals surface area contributed by atoms with Crippen molar-refractivity contribution in [2.75, 3.05) is 13.1 Å². The molecular weight excluding hydrogens is 352 g/mol. The highest BCUT2D eigenvalue weighted by atomic mass is 32.2. The lowest BCUT2D eigenvalue weighted by molar-refractivity contribution is 0.123. The summed E-state index contributed by atoms with van der Waals surface area (Å²) in [5.74, 6) is 0. The number of rotatable bonds is 5. The molecule has 1 amide bonds. The summed E-state index contributed by atoms with van der Waals surface area (Å²) >= 11 is 0. The molecule has 1 heterocycles. The second kappa shape index (κ2) is 7.47. The lowest BCUT2D eigenvalue weighted by Gasteiger charge is -2.38. The van der Waals surface area contributed by atoms with E-state index < -0.39 is 16.1 Å². The Kier molecular flexibility index (Phi) is 5.29. The van der Waals surface area contributed by atoms with Gasteiger partial charge in [-0.15, -0.1) is 0 Å². The highest BCUT2D eigenvalue weighted by molar-refractivity contribution is 7.89. The van der Waals surface area contributed by atoms with Crippen LogP contribution in [0.2, 0.25) is 0 Å². The Balaban J connectivity index is 1.52. The molecule has 0 radical (unpaired) electrons. The standard InChI is InChI=1S/C19H22N2O4S/c1-14-8-9-15(2)18(10-14)26(23,24)21-11-17(12-21)20-19(22)25-13-16-6-4-3-5-7-16/h3-10,17H,11-13H2,1-2H3,(H,20,22).